The van der Waals surface area contributed by atoms with Gasteiger partial charge in [-0.3, -0.25) is 14.9 Å². The third kappa shape index (κ3) is 4.14. The van der Waals surface area contributed by atoms with Crippen LogP contribution in [-0.2, 0) is 32.0 Å². The molecule has 3 rings (SSSR count). The molecule has 1 aliphatic heterocycles. The summed E-state index contributed by atoms with van der Waals surface area (Å²) in [6, 6.07) is 10.7. The molecule has 1 aliphatic rings. The fourth-order valence-corrected chi connectivity index (χ4v) is 3.46. The summed E-state index contributed by atoms with van der Waals surface area (Å²) in [5.74, 6) is -1.97. The molecule has 2 aromatic carbocycles. The number of nitrogens with zero attached hydrogens (tertiary/aromatic N) is 2. The maximum Gasteiger partial charge on any atom is 0.339 e. The van der Waals surface area contributed by atoms with Crippen molar-refractivity contribution in [2.24, 2.45) is 0 Å². The highest BCUT2D eigenvalue weighted by Gasteiger charge is 2.35. The number of ether oxygens (including phenoxy) is 2. The van der Waals surface area contributed by atoms with Gasteiger partial charge in [-0.1, -0.05) is 30.3 Å². The van der Waals surface area contributed by atoms with Crippen LogP contribution in [0, 0.1) is 17.0 Å². The van der Waals surface area contributed by atoms with Gasteiger partial charge < -0.3 is 14.4 Å². The lowest BCUT2D eigenvalue weighted by atomic mass is 9.94. The molecule has 0 saturated heterocycles. The standard InChI is InChI=1S/C21H20N2O7/c1-13-16(8-5-9-17(13)23(27)28)20(25)30-12-19(24)22-11-15-7-4-3-6-14(15)10-18(22)21(26)29-2/h3-9,18H,10-12H2,1-2H3/t18-/m1/s1. The van der Waals surface area contributed by atoms with E-state index in [9.17, 15) is 24.5 Å². The second-order valence-corrected chi connectivity index (χ2v) is 6.82. The molecule has 0 spiro atoms. The fraction of sp³-hybridized carbons (Fsp3) is 0.286. The Morgan fingerprint density at radius 2 is 1.83 bits per heavy atom. The third-order valence-corrected chi connectivity index (χ3v) is 5.09. The molecule has 1 amide bonds. The summed E-state index contributed by atoms with van der Waals surface area (Å²) in [4.78, 5) is 49.1. The predicted octanol–water partition coefficient (Wildman–Crippen LogP) is 2.19. The normalized spacial score (nSPS) is 15.1. The van der Waals surface area contributed by atoms with Crippen LogP contribution in [0.4, 0.5) is 5.69 Å². The predicted molar refractivity (Wildman–Crippen MR) is 105 cm³/mol. The molecule has 0 aromatic heterocycles. The van der Waals surface area contributed by atoms with E-state index in [1.54, 1.807) is 0 Å². The van der Waals surface area contributed by atoms with Gasteiger partial charge in [-0.2, -0.15) is 0 Å². The van der Waals surface area contributed by atoms with Crippen LogP contribution >= 0.6 is 0 Å². The van der Waals surface area contributed by atoms with Crippen LogP contribution in [0.2, 0.25) is 0 Å². The number of methoxy groups -OCH3 is 1. The quantitative estimate of drug-likeness (QED) is 0.420. The van der Waals surface area contributed by atoms with Gasteiger partial charge in [0.2, 0.25) is 0 Å². The van der Waals surface area contributed by atoms with Crippen molar-refractivity contribution in [3.8, 4) is 0 Å². The van der Waals surface area contributed by atoms with Gasteiger partial charge in [0, 0.05) is 24.6 Å². The van der Waals surface area contributed by atoms with Crippen molar-refractivity contribution in [2.45, 2.75) is 25.9 Å². The topological polar surface area (TPSA) is 116 Å². The first-order valence-electron chi connectivity index (χ1n) is 9.18. The van der Waals surface area contributed by atoms with E-state index in [2.05, 4.69) is 0 Å². The van der Waals surface area contributed by atoms with Gasteiger partial charge in [-0.15, -0.1) is 0 Å². The Balaban J connectivity index is 1.75. The maximum atomic E-state index is 12.8. The summed E-state index contributed by atoms with van der Waals surface area (Å²) in [5, 5.41) is 11.0. The Morgan fingerprint density at radius 3 is 2.50 bits per heavy atom. The number of amides is 1. The van der Waals surface area contributed by atoms with Gasteiger partial charge in [0.05, 0.1) is 17.6 Å². The molecule has 0 radical (unpaired) electrons. The van der Waals surface area contributed by atoms with E-state index in [1.165, 1.54) is 37.1 Å². The van der Waals surface area contributed by atoms with Crippen LogP contribution in [0.25, 0.3) is 0 Å². The monoisotopic (exact) mass is 412 g/mol. The lowest BCUT2D eigenvalue weighted by molar-refractivity contribution is -0.385. The number of carbonyl (C=O) groups excluding carboxylic acids is 3. The number of esters is 2. The van der Waals surface area contributed by atoms with E-state index >= 15 is 0 Å². The van der Waals surface area contributed by atoms with E-state index < -0.39 is 35.4 Å². The average molecular weight is 412 g/mol. The van der Waals surface area contributed by atoms with Gasteiger partial charge in [0.1, 0.15) is 6.04 Å². The highest BCUT2D eigenvalue weighted by atomic mass is 16.6. The van der Waals surface area contributed by atoms with Gasteiger partial charge in [0.25, 0.3) is 11.6 Å². The van der Waals surface area contributed by atoms with Crippen LogP contribution in [-0.4, -0.2) is 47.4 Å². The number of rotatable bonds is 5. The van der Waals surface area contributed by atoms with Crippen molar-refractivity contribution in [3.63, 3.8) is 0 Å². The van der Waals surface area contributed by atoms with Crippen molar-refractivity contribution < 1.29 is 28.8 Å². The van der Waals surface area contributed by atoms with Gasteiger partial charge >= 0.3 is 11.9 Å². The lowest BCUT2D eigenvalue weighted by Gasteiger charge is -2.35. The van der Waals surface area contributed by atoms with E-state index in [0.717, 1.165) is 11.1 Å². The smallest absolute Gasteiger partial charge is 0.339 e. The summed E-state index contributed by atoms with van der Waals surface area (Å²) in [5.41, 5.74) is 1.78. The second kappa shape index (κ2) is 8.73. The van der Waals surface area contributed by atoms with Crippen molar-refractivity contribution >= 4 is 23.5 Å². The largest absolute Gasteiger partial charge is 0.467 e. The summed E-state index contributed by atoms with van der Waals surface area (Å²) in [6.45, 7) is 1.02. The van der Waals surface area contributed by atoms with Crippen molar-refractivity contribution in [1.29, 1.82) is 0 Å². The van der Waals surface area contributed by atoms with E-state index in [0.29, 0.717) is 6.42 Å². The van der Waals surface area contributed by atoms with Gasteiger partial charge in [-0.05, 0) is 24.1 Å². The second-order valence-electron chi connectivity index (χ2n) is 6.82. The Morgan fingerprint density at radius 1 is 1.13 bits per heavy atom. The number of hydrogen-bond acceptors (Lipinski definition) is 7. The SMILES string of the molecule is COC(=O)[C@H]1Cc2ccccc2CN1C(=O)COC(=O)c1cccc([N+](=O)[O-])c1C. The molecule has 0 bridgehead atoms. The molecular weight excluding hydrogens is 392 g/mol. The molecule has 1 heterocycles. The zero-order valence-corrected chi connectivity index (χ0v) is 16.5. The van der Waals surface area contributed by atoms with E-state index in [4.69, 9.17) is 9.47 Å². The summed E-state index contributed by atoms with van der Waals surface area (Å²) >= 11 is 0. The molecule has 156 valence electrons. The molecule has 0 unspecified atom stereocenters. The molecule has 0 aliphatic carbocycles. The van der Waals surface area contributed by atoms with Crippen LogP contribution in [0.1, 0.15) is 27.0 Å². The zero-order valence-electron chi connectivity index (χ0n) is 16.5. The third-order valence-electron chi connectivity index (χ3n) is 5.09. The molecule has 0 fully saturated rings. The van der Waals surface area contributed by atoms with Crippen LogP contribution < -0.4 is 0 Å². The first kappa shape index (κ1) is 21.0. The molecular formula is C21H20N2O7. The van der Waals surface area contributed by atoms with Gasteiger partial charge in [-0.25, -0.2) is 9.59 Å². The molecule has 0 saturated carbocycles. The minimum Gasteiger partial charge on any atom is -0.467 e. The van der Waals surface area contributed by atoms with E-state index in [1.807, 2.05) is 24.3 Å². The minimum absolute atomic E-state index is 0.00510. The zero-order chi connectivity index (χ0) is 21.8. The maximum absolute atomic E-state index is 12.8. The van der Waals surface area contributed by atoms with Crippen LogP contribution in [0.3, 0.4) is 0 Å². The van der Waals surface area contributed by atoms with Crippen molar-refractivity contribution in [3.05, 3.63) is 74.8 Å². The number of nitro benzene ring substituents is 1. The lowest BCUT2D eigenvalue weighted by Crippen LogP contribution is -2.50. The average Bonchev–Trinajstić information content (AvgIpc) is 2.75. The van der Waals surface area contributed by atoms with E-state index in [-0.39, 0.29) is 23.4 Å². The summed E-state index contributed by atoms with van der Waals surface area (Å²) < 4.78 is 9.93. The molecule has 9 nitrogen and oxygen atoms in total. The van der Waals surface area contributed by atoms with Crippen LogP contribution in [0.5, 0.6) is 0 Å². The molecule has 0 N–H and O–H groups in total. The number of fused-ring (bicyclic) bond motifs is 1. The first-order chi connectivity index (χ1) is 14.3. The van der Waals surface area contributed by atoms with Gasteiger partial charge in [0.15, 0.2) is 6.61 Å². The Kier molecular flexibility index (Phi) is 6.10. The highest BCUT2D eigenvalue weighted by molar-refractivity contribution is 5.94. The summed E-state index contributed by atoms with van der Waals surface area (Å²) in [6.07, 6.45) is 0.298. The van der Waals surface area contributed by atoms with Crippen LogP contribution in [0.15, 0.2) is 42.5 Å². The molecule has 30 heavy (non-hydrogen) atoms. The number of carbonyl (C=O) groups is 3. The van der Waals surface area contributed by atoms with Crippen molar-refractivity contribution in [2.75, 3.05) is 13.7 Å². The van der Waals surface area contributed by atoms with Crippen molar-refractivity contribution in [1.82, 2.24) is 4.90 Å². The number of benzene rings is 2. The number of nitro groups is 1. The molecule has 2 aromatic rings. The number of hydrogen-bond donors (Lipinski definition) is 0. The Hall–Kier alpha value is -3.75. The molecule has 9 heteroatoms. The highest BCUT2D eigenvalue weighted by Crippen LogP contribution is 2.25. The minimum atomic E-state index is -0.850. The Labute approximate surface area is 172 Å². The first-order valence-corrected chi connectivity index (χ1v) is 9.18. The fourth-order valence-electron chi connectivity index (χ4n) is 3.46. The Bertz CT molecular complexity index is 1020. The summed E-state index contributed by atoms with van der Waals surface area (Å²) in [7, 11) is 1.25. The molecule has 1 atom stereocenters.